The van der Waals surface area contributed by atoms with E-state index in [0.29, 0.717) is 125 Å². The number of likely N-dealkylation sites (N-methyl/N-ethyl adjacent to an activating group) is 1. The lowest BCUT2D eigenvalue weighted by atomic mass is 9.70. The van der Waals surface area contributed by atoms with Gasteiger partial charge in [0.15, 0.2) is 0 Å². The smallest absolute Gasteiger partial charge is 0.225 e. The fourth-order valence-electron chi connectivity index (χ4n) is 28.3. The second kappa shape index (κ2) is 46.8. The molecule has 23 heteroatoms. The molecule has 0 aromatic carbocycles. The van der Waals surface area contributed by atoms with Gasteiger partial charge in [-0.05, 0) is 135 Å². The van der Waals surface area contributed by atoms with Crippen LogP contribution < -0.4 is 5.32 Å². The van der Waals surface area contributed by atoms with Crippen molar-refractivity contribution in [3.05, 3.63) is 0 Å². The molecule has 10 unspecified atom stereocenters. The Labute approximate surface area is 834 Å². The minimum absolute atomic E-state index is 0.109. The van der Waals surface area contributed by atoms with E-state index in [1.54, 1.807) is 0 Å². The van der Waals surface area contributed by atoms with Crippen LogP contribution in [0.3, 0.4) is 0 Å². The molecule has 0 aromatic rings. The van der Waals surface area contributed by atoms with Crippen molar-refractivity contribution in [3.8, 4) is 0 Å². The highest BCUT2D eigenvalue weighted by molar-refractivity contribution is 5.82. The Bertz CT molecular complexity index is 3840. The summed E-state index contributed by atoms with van der Waals surface area (Å²) in [5, 5.41) is 3.27. The van der Waals surface area contributed by atoms with Crippen molar-refractivity contribution < 1.29 is 74.2 Å². The maximum absolute atomic E-state index is 12.2. The molecule has 0 saturated carbocycles. The van der Waals surface area contributed by atoms with E-state index in [1.807, 2.05) is 111 Å². The van der Waals surface area contributed by atoms with Crippen LogP contribution in [0.2, 0.25) is 0 Å². The summed E-state index contributed by atoms with van der Waals surface area (Å²) in [4.78, 5) is 109. The number of nitrogens with one attached hydrogen (secondary N) is 1. The van der Waals surface area contributed by atoms with Gasteiger partial charge in [-0.25, -0.2) is 0 Å². The van der Waals surface area contributed by atoms with Crippen molar-refractivity contribution in [2.24, 2.45) is 75.9 Å². The highest BCUT2D eigenvalue weighted by atomic mass is 16.2. The fraction of sp³-hybridized carbons (Fsp3) is 0.929. The van der Waals surface area contributed by atoms with Crippen LogP contribution in [0.25, 0.3) is 0 Å². The predicted molar refractivity (Wildman–Crippen MR) is 557 cm³/mol. The lowest BCUT2D eigenvalue weighted by Gasteiger charge is -2.55. The largest absolute Gasteiger partial charge is 0.347 e. The Balaban J connectivity index is 0.000000174. The van der Waals surface area contributed by atoms with Gasteiger partial charge in [0.05, 0.1) is 245 Å². The Morgan fingerprint density at radius 2 is 0.750 bits per heavy atom. The molecule has 0 aliphatic carbocycles. The molecule has 10 atom stereocenters. The van der Waals surface area contributed by atoms with Gasteiger partial charge >= 0.3 is 0 Å². The number of Topliss-reactive ketones (excluding diaryl/α,β-unsaturated/α-hetero) is 1. The van der Waals surface area contributed by atoms with Crippen molar-refractivity contribution in [3.63, 3.8) is 0 Å². The molecule has 0 radical (unpaired) electrons. The van der Waals surface area contributed by atoms with Crippen LogP contribution in [0.5, 0.6) is 0 Å². The third-order valence-electron chi connectivity index (χ3n) is 40.4. The lowest BCUT2D eigenvalue weighted by molar-refractivity contribution is -0.962. The van der Waals surface area contributed by atoms with E-state index in [0.717, 1.165) is 126 Å². The first-order chi connectivity index (χ1) is 63.2. The first kappa shape index (κ1) is 115. The highest BCUT2D eigenvalue weighted by Gasteiger charge is 2.60. The summed E-state index contributed by atoms with van der Waals surface area (Å²) in [5.41, 5.74) is 0.923. The number of hydrogen-bond acceptors (Lipinski definition) is 8. The Morgan fingerprint density at radius 3 is 1.18 bits per heavy atom. The molecular weight excluding hydrogens is 1700 g/mol. The van der Waals surface area contributed by atoms with Gasteiger partial charge in [0.25, 0.3) is 0 Å². The average Bonchev–Trinajstić information content (AvgIpc) is 1.57. The summed E-state index contributed by atoms with van der Waals surface area (Å²) in [6, 6.07) is 9.00. The number of piperazine rings is 3. The molecule has 1 spiro atoms. The summed E-state index contributed by atoms with van der Waals surface area (Å²) in [7, 11) is 7.14. The summed E-state index contributed by atoms with van der Waals surface area (Å²) >= 11 is 0. The van der Waals surface area contributed by atoms with Crippen molar-refractivity contribution in [1.82, 2.24) is 34.7 Å². The van der Waals surface area contributed by atoms with E-state index in [4.69, 9.17) is 0 Å². The topological polar surface area (TPSA) is 168 Å². The van der Waals surface area contributed by atoms with Gasteiger partial charge in [0.2, 0.25) is 41.4 Å². The molecule has 23 nitrogen and oxygen atoms in total. The molecule has 7 amide bonds. The number of piperidine rings is 7. The molecule has 18 aliphatic rings. The van der Waals surface area contributed by atoms with Crippen LogP contribution in [-0.4, -0.2) is 401 Å². The molecule has 1 N–H and O–H groups in total. The number of ketones is 1. The number of fused-ring (bicyclic) bond motifs is 15. The first-order valence-corrected chi connectivity index (χ1v) is 56.6. The molecule has 18 rings (SSSR count). The molecule has 18 heterocycles. The molecular formula is C113H217N15O8+8. The van der Waals surface area contributed by atoms with Gasteiger partial charge in [-0.15, -0.1) is 0 Å². The number of likely N-dealkylation sites (tertiary alicyclic amines) is 6. The van der Waals surface area contributed by atoms with Gasteiger partial charge in [-0.3, -0.25) is 38.4 Å². The number of nitrogens with zero attached hydrogens (tertiary/aromatic N) is 14. The molecule has 0 aromatic heterocycles. The zero-order valence-corrected chi connectivity index (χ0v) is 94.9. The van der Waals surface area contributed by atoms with Crippen LogP contribution >= 0.6 is 0 Å². The van der Waals surface area contributed by atoms with E-state index in [-0.39, 0.29) is 53.3 Å². The van der Waals surface area contributed by atoms with Crippen molar-refractivity contribution in [2.75, 3.05) is 204 Å². The SMILES string of the molecule is CC(C)C(=O)CC12CC[N+](C(C)C)(CC1)C2.CC(C)C(=O)N1CC2CC1C[N+]2(C)C(C)C.CC(C)C(=O)N1CC2C[N+](C)(C(C)C)CC2C1.CC(C)C(=O)N1CCC2(CC1)CC[N+](C)(C(C)C)CC2.CC(C)C(=O)N1CC[N+]2(C(C)C)CCC1C2.CC(C)C(=O)N1CC[N+]2(C(C)C)CCC1CC2.CC(C)C(=O)N1CC[N+]2(C(C)C)CCCC2C1.CC(C)C(=O)NC1C[N+]2(C(C)C)CCC1CC2. The van der Waals surface area contributed by atoms with Gasteiger partial charge in [0, 0.05) is 180 Å². The number of carbonyl (C=O) groups excluding carboxylic acids is 8. The minimum atomic E-state index is 0.109. The molecule has 18 saturated heterocycles. The van der Waals surface area contributed by atoms with E-state index < -0.39 is 0 Å². The number of rotatable bonds is 19. The summed E-state index contributed by atoms with van der Waals surface area (Å²) < 4.78 is 9.83. The summed E-state index contributed by atoms with van der Waals surface area (Å²) in [6.07, 6.45) is 18.6. The van der Waals surface area contributed by atoms with Gasteiger partial charge < -0.3 is 70.6 Å². The zero-order valence-electron chi connectivity index (χ0n) is 94.9. The van der Waals surface area contributed by atoms with Gasteiger partial charge in [-0.1, -0.05) is 111 Å². The number of hydrogen-bond donors (Lipinski definition) is 1. The second-order valence-electron chi connectivity index (χ2n) is 53.3. The van der Waals surface area contributed by atoms with Crippen molar-refractivity contribution in [1.29, 1.82) is 0 Å². The Kier molecular flexibility index (Phi) is 39.6. The first-order valence-electron chi connectivity index (χ1n) is 56.6. The Hall–Kier alpha value is -4.36. The van der Waals surface area contributed by atoms with Crippen LogP contribution in [0, 0.1) is 75.9 Å². The van der Waals surface area contributed by atoms with Gasteiger partial charge in [0.1, 0.15) is 17.9 Å². The van der Waals surface area contributed by atoms with Crippen LogP contribution in [-0.2, 0) is 38.4 Å². The number of amides is 7. The molecule has 10 bridgehead atoms. The number of quaternary nitrogens is 8. The molecule has 784 valence electrons. The highest BCUT2D eigenvalue weighted by Crippen LogP contribution is 2.51. The fourth-order valence-corrected chi connectivity index (χ4v) is 28.3. The van der Waals surface area contributed by atoms with E-state index in [1.165, 1.54) is 219 Å². The van der Waals surface area contributed by atoms with Crippen LogP contribution in [0.1, 0.15) is 318 Å². The molecule has 18 fully saturated rings. The van der Waals surface area contributed by atoms with E-state index in [9.17, 15) is 38.4 Å². The van der Waals surface area contributed by atoms with Crippen LogP contribution in [0.15, 0.2) is 0 Å². The summed E-state index contributed by atoms with van der Waals surface area (Å²) in [6.45, 7) is 102. The quantitative estimate of drug-likeness (QED) is 0.125. The summed E-state index contributed by atoms with van der Waals surface area (Å²) in [5.74, 6) is 6.25. The van der Waals surface area contributed by atoms with Crippen molar-refractivity contribution >= 4 is 47.1 Å². The maximum atomic E-state index is 12.2. The average molecular weight is 1910 g/mol. The van der Waals surface area contributed by atoms with Crippen LogP contribution in [0.4, 0.5) is 0 Å². The monoisotopic (exact) mass is 1910 g/mol. The second-order valence-corrected chi connectivity index (χ2v) is 53.3. The predicted octanol–water partition coefficient (Wildman–Crippen LogP) is 15.6. The molecule has 18 aliphatic heterocycles. The van der Waals surface area contributed by atoms with E-state index in [2.05, 4.69) is 167 Å². The zero-order chi connectivity index (χ0) is 102. The number of carbonyl (C=O) groups is 8. The lowest BCUT2D eigenvalue weighted by Crippen LogP contribution is -2.69. The van der Waals surface area contributed by atoms with Gasteiger partial charge in [-0.2, -0.15) is 0 Å². The Morgan fingerprint density at radius 1 is 0.309 bits per heavy atom. The third kappa shape index (κ3) is 26.1. The maximum Gasteiger partial charge on any atom is 0.225 e. The third-order valence-corrected chi connectivity index (χ3v) is 40.4. The standard InChI is InChI=1S/C17H33N2O.2C14H27N2O.C14H26N2O.C14H27N2O.C14H26NO.2C13H25N2O/c1-14(2)16(20)18-10-6-17(7-11-18)8-12-19(5,13-9-17)15(3)4;1-10(2)14(17)15-6-12-8-16(5,11(3)4)9-13(12)7-15;1-11(2)14(17)15-7-10-16(12(3)4)8-5-13(15)6-9-16;1-10(2)14(17)15-13-9-16(11(3)4)7-5-12(13)6-8-16;1-11(2)14(17)15-7-9-16(12(3)4)8-5-6-13(16)10-15;1-11(2)13(16)9-14-5-7-15(10-14,8-6-14)12(3)4;1-9(2)13(16)14-7-12-6-11(14)8-15(12,5)10(3)4;1-10(2)13(16)14-6-8-15(11(3)4)7-5-12(14)9-15/h14-15H,6-13H2,1-5H3;10-13H,6-9H2,1-5H3;11-13H,5-10H2,1-4H3;10-13H,5-9H2,1-4H3;11-13H,5-10H2,1-4H3;11-12H,5-10H2,1-4H3;9-12H,6-8H2,1-5H3;10-12H,5-9H2,1-4H3/q3*+1;;4*+1/p+1. The minimum Gasteiger partial charge on any atom is -0.347 e. The molecule has 136 heavy (non-hydrogen) atoms. The van der Waals surface area contributed by atoms with Crippen molar-refractivity contribution in [2.45, 2.75) is 402 Å². The normalized spacial score (nSPS) is 34.1. The van der Waals surface area contributed by atoms with E-state index >= 15 is 0 Å².